The van der Waals surface area contributed by atoms with Gasteiger partial charge in [0.1, 0.15) is 0 Å². The Morgan fingerprint density at radius 1 is 0.697 bits per heavy atom. The maximum absolute atomic E-state index is 6.46. The van der Waals surface area contributed by atoms with Gasteiger partial charge < -0.3 is 11.5 Å². The average molecular weight is 461 g/mol. The van der Waals surface area contributed by atoms with Crippen molar-refractivity contribution in [3.8, 4) is 0 Å². The number of piperidine rings is 2. The highest BCUT2D eigenvalue weighted by Crippen LogP contribution is 2.64. The molecule has 2 aliphatic carbocycles. The topological polar surface area (TPSA) is 58.5 Å². The molecule has 2 heterocycles. The summed E-state index contributed by atoms with van der Waals surface area (Å²) in [6, 6.07) is 2.69. The fourth-order valence-corrected chi connectivity index (χ4v) is 9.01. The molecule has 4 N–H and O–H groups in total. The predicted molar refractivity (Wildman–Crippen MR) is 141 cm³/mol. The minimum absolute atomic E-state index is 0.190. The van der Waals surface area contributed by atoms with Crippen LogP contribution in [0.1, 0.15) is 95.4 Å². The van der Waals surface area contributed by atoms with Crippen molar-refractivity contribution in [2.45, 2.75) is 131 Å². The molecule has 4 fully saturated rings. The second-order valence-corrected chi connectivity index (χ2v) is 15.9. The second kappa shape index (κ2) is 7.92. The minimum Gasteiger partial charge on any atom is -0.330 e. The highest BCUT2D eigenvalue weighted by molar-refractivity contribution is 5.21. The Labute approximate surface area is 205 Å². The van der Waals surface area contributed by atoms with Gasteiger partial charge in [0.2, 0.25) is 0 Å². The Hall–Kier alpha value is -0.160. The summed E-state index contributed by atoms with van der Waals surface area (Å²) in [5.41, 5.74) is 13.8. The van der Waals surface area contributed by atoms with Crippen molar-refractivity contribution in [3.05, 3.63) is 0 Å². The Morgan fingerprint density at radius 3 is 1.70 bits per heavy atom. The first-order valence-electron chi connectivity index (χ1n) is 13.9. The summed E-state index contributed by atoms with van der Waals surface area (Å²) >= 11 is 0. The fourth-order valence-electron chi connectivity index (χ4n) is 9.01. The minimum atomic E-state index is 0.190. The maximum atomic E-state index is 6.46. The molecule has 2 saturated carbocycles. The fraction of sp³-hybridized carbons (Fsp3) is 1.00. The standard InChI is InChI=1S/C29H56N4/c1-26(2,3)24-20(16-31)22-17(23(22)33(24)28(7,8)9)12-13-29(10,11)25-19(15-30)18-14-21(18)32(25)27(4,5)6/h17-25H,12-16,30-31H2,1-11H3/t17?,18-,19-,20-,21?,22+,23+,24?,25?/m1/s1. The van der Waals surface area contributed by atoms with Crippen LogP contribution in [0.2, 0.25) is 0 Å². The van der Waals surface area contributed by atoms with Gasteiger partial charge in [-0.3, -0.25) is 9.80 Å². The van der Waals surface area contributed by atoms with E-state index in [0.717, 1.165) is 42.9 Å². The van der Waals surface area contributed by atoms with Crippen molar-refractivity contribution in [3.63, 3.8) is 0 Å². The van der Waals surface area contributed by atoms with Crippen LogP contribution in [0, 0.1) is 40.4 Å². The molecule has 9 atom stereocenters. The van der Waals surface area contributed by atoms with Crippen LogP contribution < -0.4 is 11.5 Å². The summed E-state index contributed by atoms with van der Waals surface area (Å²) < 4.78 is 0. The second-order valence-electron chi connectivity index (χ2n) is 15.9. The average Bonchev–Trinajstić information content (AvgIpc) is 3.49. The molecule has 0 amide bonds. The van der Waals surface area contributed by atoms with E-state index in [2.05, 4.69) is 86.0 Å². The van der Waals surface area contributed by atoms with Crippen molar-refractivity contribution < 1.29 is 0 Å². The molecule has 4 nitrogen and oxygen atoms in total. The van der Waals surface area contributed by atoms with Gasteiger partial charge in [-0.05, 0) is 114 Å². The lowest BCUT2D eigenvalue weighted by Gasteiger charge is -2.49. The number of rotatable bonds is 6. The van der Waals surface area contributed by atoms with Crippen LogP contribution >= 0.6 is 0 Å². The third-order valence-electron chi connectivity index (χ3n) is 10.0. The zero-order valence-corrected chi connectivity index (χ0v) is 23.8. The molecule has 4 unspecified atom stereocenters. The first-order valence-corrected chi connectivity index (χ1v) is 13.9. The largest absolute Gasteiger partial charge is 0.330 e. The van der Waals surface area contributed by atoms with E-state index in [1.54, 1.807) is 0 Å². The molecule has 2 aliphatic heterocycles. The van der Waals surface area contributed by atoms with Gasteiger partial charge in [0.05, 0.1) is 0 Å². The van der Waals surface area contributed by atoms with E-state index in [0.29, 0.717) is 23.9 Å². The summed E-state index contributed by atoms with van der Waals surface area (Å²) in [4.78, 5) is 5.77. The van der Waals surface area contributed by atoms with Gasteiger partial charge >= 0.3 is 0 Å². The van der Waals surface area contributed by atoms with E-state index in [-0.39, 0.29) is 21.9 Å². The Kier molecular flexibility index (Phi) is 6.22. The molecule has 4 rings (SSSR count). The zero-order valence-electron chi connectivity index (χ0n) is 23.8. The Morgan fingerprint density at radius 2 is 1.24 bits per heavy atom. The van der Waals surface area contributed by atoms with E-state index in [1.807, 2.05) is 0 Å². The number of nitrogens with zero attached hydrogens (tertiary/aromatic N) is 2. The molecular weight excluding hydrogens is 404 g/mol. The molecule has 192 valence electrons. The van der Waals surface area contributed by atoms with Gasteiger partial charge in [0, 0.05) is 35.2 Å². The number of fused-ring (bicyclic) bond motifs is 2. The summed E-state index contributed by atoms with van der Waals surface area (Å²) in [6.07, 6.45) is 4.00. The van der Waals surface area contributed by atoms with Gasteiger partial charge in [-0.2, -0.15) is 0 Å². The van der Waals surface area contributed by atoms with Crippen LogP contribution in [0.15, 0.2) is 0 Å². The number of nitrogens with two attached hydrogens (primary N) is 2. The first-order chi connectivity index (χ1) is 15.0. The van der Waals surface area contributed by atoms with Crippen molar-refractivity contribution in [1.82, 2.24) is 9.80 Å². The van der Waals surface area contributed by atoms with E-state index in [4.69, 9.17) is 11.5 Å². The monoisotopic (exact) mass is 460 g/mol. The van der Waals surface area contributed by atoms with Crippen molar-refractivity contribution >= 4 is 0 Å². The van der Waals surface area contributed by atoms with Crippen LogP contribution in [-0.4, -0.2) is 58.1 Å². The third kappa shape index (κ3) is 4.23. The Bertz CT molecular complexity index is 723. The Balaban J connectivity index is 1.51. The van der Waals surface area contributed by atoms with Crippen molar-refractivity contribution in [1.29, 1.82) is 0 Å². The van der Waals surface area contributed by atoms with Crippen molar-refractivity contribution in [2.75, 3.05) is 13.1 Å². The number of hydrogen-bond acceptors (Lipinski definition) is 4. The van der Waals surface area contributed by atoms with E-state index < -0.39 is 0 Å². The first kappa shape index (κ1) is 25.9. The normalized spacial score (nSPS) is 41.9. The van der Waals surface area contributed by atoms with E-state index in [9.17, 15) is 0 Å². The predicted octanol–water partition coefficient (Wildman–Crippen LogP) is 4.96. The molecule has 4 aliphatic rings. The summed E-state index contributed by atoms with van der Waals surface area (Å²) in [7, 11) is 0. The van der Waals surface area contributed by atoms with Gasteiger partial charge in [0.15, 0.2) is 0 Å². The zero-order chi connectivity index (χ0) is 24.9. The molecular formula is C29H56N4. The molecule has 0 aromatic heterocycles. The summed E-state index contributed by atoms with van der Waals surface area (Å²) in [5, 5.41) is 0. The molecule has 0 radical (unpaired) electrons. The quantitative estimate of drug-likeness (QED) is 0.588. The van der Waals surface area contributed by atoms with Gasteiger partial charge in [-0.25, -0.2) is 0 Å². The smallest absolute Gasteiger partial charge is 0.0198 e. The molecule has 0 spiro atoms. The molecule has 0 aromatic carbocycles. The van der Waals surface area contributed by atoms with Gasteiger partial charge in [-0.15, -0.1) is 0 Å². The van der Waals surface area contributed by atoms with Gasteiger partial charge in [0.25, 0.3) is 0 Å². The number of likely N-dealkylation sites (tertiary alicyclic amines) is 2. The highest BCUT2D eigenvalue weighted by Gasteiger charge is 2.69. The lowest BCUT2D eigenvalue weighted by molar-refractivity contribution is -0.00635. The van der Waals surface area contributed by atoms with Crippen LogP contribution in [0.3, 0.4) is 0 Å². The summed E-state index contributed by atoms with van der Waals surface area (Å²) in [6.45, 7) is 28.5. The molecule has 2 saturated heterocycles. The van der Waals surface area contributed by atoms with Crippen LogP contribution in [0.4, 0.5) is 0 Å². The molecule has 33 heavy (non-hydrogen) atoms. The van der Waals surface area contributed by atoms with E-state index >= 15 is 0 Å². The molecule has 0 aromatic rings. The lowest BCUT2D eigenvalue weighted by Crippen LogP contribution is -2.56. The molecule has 4 heteroatoms. The number of hydrogen-bond donors (Lipinski definition) is 2. The lowest BCUT2D eigenvalue weighted by atomic mass is 9.71. The summed E-state index contributed by atoms with van der Waals surface area (Å²) in [5.74, 6) is 3.73. The van der Waals surface area contributed by atoms with Crippen LogP contribution in [-0.2, 0) is 0 Å². The molecule has 0 bridgehead atoms. The third-order valence-corrected chi connectivity index (χ3v) is 10.0. The van der Waals surface area contributed by atoms with Crippen LogP contribution in [0.25, 0.3) is 0 Å². The SMILES string of the molecule is CC(C)(C)C1[C@H](CN)[C@@H]2C(CCC(C)(C)C3[C@H](CN)[C@H]4CC4N3C(C)(C)C)[C@@H]2N1C(C)(C)C. The maximum Gasteiger partial charge on any atom is 0.0198 e. The van der Waals surface area contributed by atoms with Crippen molar-refractivity contribution in [2.24, 2.45) is 51.9 Å². The van der Waals surface area contributed by atoms with Gasteiger partial charge in [-0.1, -0.05) is 34.6 Å². The van der Waals surface area contributed by atoms with E-state index in [1.165, 1.54) is 19.3 Å². The highest BCUT2D eigenvalue weighted by atomic mass is 15.3. The van der Waals surface area contributed by atoms with Crippen LogP contribution in [0.5, 0.6) is 0 Å².